The molecule has 0 amide bonds. The number of benzene rings is 1. The first kappa shape index (κ1) is 19.1. The van der Waals surface area contributed by atoms with Crippen LogP contribution >= 0.6 is 22.9 Å². The zero-order chi connectivity index (χ0) is 19.5. The van der Waals surface area contributed by atoms with Crippen LogP contribution in [0.3, 0.4) is 0 Å². The number of halogens is 1. The van der Waals surface area contributed by atoms with Crippen molar-refractivity contribution in [1.29, 1.82) is 0 Å². The summed E-state index contributed by atoms with van der Waals surface area (Å²) >= 11 is 7.90. The molecule has 0 unspecified atom stereocenters. The van der Waals surface area contributed by atoms with Gasteiger partial charge in [0, 0.05) is 55.1 Å². The third-order valence-electron chi connectivity index (χ3n) is 4.60. The SMILES string of the molecule is Nc1nc(C(=O)Cc2cc(-c3nc(CN4CCNCC4)cs3)ccc2Cl)co1. The van der Waals surface area contributed by atoms with Gasteiger partial charge in [0.05, 0.1) is 5.69 Å². The zero-order valence-corrected chi connectivity index (χ0v) is 16.7. The molecule has 28 heavy (non-hydrogen) atoms. The fraction of sp³-hybridized carbons (Fsp3) is 0.316. The van der Waals surface area contributed by atoms with E-state index < -0.39 is 0 Å². The number of hydrogen-bond acceptors (Lipinski definition) is 8. The highest BCUT2D eigenvalue weighted by molar-refractivity contribution is 7.13. The molecule has 0 radical (unpaired) electrons. The highest BCUT2D eigenvalue weighted by atomic mass is 35.5. The number of anilines is 1. The predicted octanol–water partition coefficient (Wildman–Crippen LogP) is 2.86. The van der Waals surface area contributed by atoms with Crippen LogP contribution in [0.25, 0.3) is 10.6 Å². The standard InChI is InChI=1S/C19H20ClN5O2S/c20-15-2-1-12(7-13(15)8-17(26)16-10-27-19(21)24-16)18-23-14(11-28-18)9-25-5-3-22-4-6-25/h1-2,7,10-11,22H,3-6,8-9H2,(H2,21,24). The first-order chi connectivity index (χ1) is 13.6. The fourth-order valence-corrected chi connectivity index (χ4v) is 4.13. The lowest BCUT2D eigenvalue weighted by Crippen LogP contribution is -2.42. The Labute approximate surface area is 171 Å². The van der Waals surface area contributed by atoms with Gasteiger partial charge in [-0.2, -0.15) is 4.98 Å². The van der Waals surface area contributed by atoms with Crippen LogP contribution in [0, 0.1) is 0 Å². The highest BCUT2D eigenvalue weighted by Gasteiger charge is 2.16. The zero-order valence-electron chi connectivity index (χ0n) is 15.2. The van der Waals surface area contributed by atoms with Crippen molar-refractivity contribution in [3.8, 4) is 10.6 Å². The molecule has 2 aromatic heterocycles. The van der Waals surface area contributed by atoms with E-state index in [4.69, 9.17) is 26.7 Å². The Morgan fingerprint density at radius 3 is 2.89 bits per heavy atom. The molecule has 0 saturated carbocycles. The van der Waals surface area contributed by atoms with Gasteiger partial charge in [0.15, 0.2) is 5.78 Å². The van der Waals surface area contributed by atoms with Gasteiger partial charge in [0.2, 0.25) is 0 Å². The summed E-state index contributed by atoms with van der Waals surface area (Å²) in [4.78, 5) is 23.4. The second-order valence-corrected chi connectivity index (χ2v) is 7.91. The van der Waals surface area contributed by atoms with E-state index in [1.165, 1.54) is 6.26 Å². The molecule has 0 spiro atoms. The van der Waals surface area contributed by atoms with Crippen LogP contribution in [-0.4, -0.2) is 46.8 Å². The summed E-state index contributed by atoms with van der Waals surface area (Å²) in [5, 5.41) is 6.90. The van der Waals surface area contributed by atoms with Gasteiger partial charge in [-0.15, -0.1) is 11.3 Å². The van der Waals surface area contributed by atoms with Gasteiger partial charge in [-0.25, -0.2) is 4.98 Å². The molecule has 146 valence electrons. The molecule has 4 rings (SSSR count). The lowest BCUT2D eigenvalue weighted by Gasteiger charge is -2.26. The molecule has 1 aliphatic heterocycles. The minimum Gasteiger partial charge on any atom is -0.432 e. The minimum atomic E-state index is -0.196. The Bertz CT molecular complexity index is 980. The predicted molar refractivity (Wildman–Crippen MR) is 110 cm³/mol. The number of carbonyl (C=O) groups is 1. The van der Waals surface area contributed by atoms with Gasteiger partial charge in [0.25, 0.3) is 6.01 Å². The maximum atomic E-state index is 12.4. The molecular formula is C19H20ClN5O2S. The number of nitrogens with two attached hydrogens (primary N) is 1. The van der Waals surface area contributed by atoms with Crippen molar-refractivity contribution in [2.75, 3.05) is 31.9 Å². The smallest absolute Gasteiger partial charge is 0.292 e. The molecule has 3 aromatic rings. The summed E-state index contributed by atoms with van der Waals surface area (Å²) in [6.07, 6.45) is 1.39. The van der Waals surface area contributed by atoms with E-state index in [2.05, 4.69) is 20.6 Å². The Morgan fingerprint density at radius 2 is 2.14 bits per heavy atom. The second kappa shape index (κ2) is 8.40. The summed E-state index contributed by atoms with van der Waals surface area (Å²) in [6, 6.07) is 5.62. The number of nitrogens with one attached hydrogen (secondary N) is 1. The summed E-state index contributed by atoms with van der Waals surface area (Å²) in [5.74, 6) is -0.196. The molecule has 1 aliphatic rings. The number of nitrogens with zero attached hydrogens (tertiary/aromatic N) is 3. The molecule has 0 atom stereocenters. The maximum Gasteiger partial charge on any atom is 0.292 e. The molecule has 0 aliphatic carbocycles. The van der Waals surface area contributed by atoms with Crippen molar-refractivity contribution in [3.63, 3.8) is 0 Å². The monoisotopic (exact) mass is 417 g/mol. The molecule has 1 fully saturated rings. The summed E-state index contributed by atoms with van der Waals surface area (Å²) < 4.78 is 4.91. The van der Waals surface area contributed by atoms with E-state index in [1.807, 2.05) is 12.1 Å². The van der Waals surface area contributed by atoms with E-state index in [0.29, 0.717) is 5.02 Å². The van der Waals surface area contributed by atoms with Gasteiger partial charge >= 0.3 is 0 Å². The van der Waals surface area contributed by atoms with Gasteiger partial charge < -0.3 is 15.5 Å². The maximum absolute atomic E-state index is 12.4. The number of ketones is 1. The van der Waals surface area contributed by atoms with Crippen LogP contribution in [0.1, 0.15) is 21.7 Å². The number of rotatable bonds is 6. The van der Waals surface area contributed by atoms with E-state index in [0.717, 1.165) is 54.6 Å². The van der Waals surface area contributed by atoms with Gasteiger partial charge in [-0.3, -0.25) is 9.69 Å². The van der Waals surface area contributed by atoms with Crippen molar-refractivity contribution in [1.82, 2.24) is 20.2 Å². The quantitative estimate of drug-likeness (QED) is 0.595. The fourth-order valence-electron chi connectivity index (χ4n) is 3.13. The minimum absolute atomic E-state index is 0.0250. The van der Waals surface area contributed by atoms with Gasteiger partial charge in [-0.1, -0.05) is 17.7 Å². The lowest BCUT2D eigenvalue weighted by atomic mass is 10.0. The first-order valence-corrected chi connectivity index (χ1v) is 10.2. The Morgan fingerprint density at radius 1 is 1.32 bits per heavy atom. The molecule has 9 heteroatoms. The van der Waals surface area contributed by atoms with E-state index >= 15 is 0 Å². The molecular weight excluding hydrogens is 398 g/mol. The third kappa shape index (κ3) is 4.41. The van der Waals surface area contributed by atoms with Crippen molar-refractivity contribution in [3.05, 3.63) is 51.8 Å². The van der Waals surface area contributed by atoms with Crippen LogP contribution in [0.15, 0.2) is 34.3 Å². The van der Waals surface area contributed by atoms with Crippen molar-refractivity contribution in [2.24, 2.45) is 0 Å². The Hall–Kier alpha value is -2.26. The molecule has 3 N–H and O–H groups in total. The topological polar surface area (TPSA) is 97.3 Å². The number of aromatic nitrogens is 2. The molecule has 7 nitrogen and oxygen atoms in total. The van der Waals surface area contributed by atoms with E-state index in [9.17, 15) is 4.79 Å². The largest absolute Gasteiger partial charge is 0.432 e. The molecule has 0 bridgehead atoms. The Balaban J connectivity index is 1.49. The number of thiazole rings is 1. The number of hydrogen-bond donors (Lipinski definition) is 2. The average molecular weight is 418 g/mol. The number of carbonyl (C=O) groups excluding carboxylic acids is 1. The van der Waals surface area contributed by atoms with Gasteiger partial charge in [0.1, 0.15) is 17.0 Å². The van der Waals surface area contributed by atoms with Crippen molar-refractivity contribution in [2.45, 2.75) is 13.0 Å². The normalized spacial score (nSPS) is 15.0. The van der Waals surface area contributed by atoms with E-state index in [1.54, 1.807) is 17.4 Å². The highest BCUT2D eigenvalue weighted by Crippen LogP contribution is 2.29. The van der Waals surface area contributed by atoms with Gasteiger partial charge in [-0.05, 0) is 17.7 Å². The molecule has 3 heterocycles. The third-order valence-corrected chi connectivity index (χ3v) is 5.91. The van der Waals surface area contributed by atoms with Crippen LogP contribution in [-0.2, 0) is 13.0 Å². The van der Waals surface area contributed by atoms with Crippen LogP contribution in [0.5, 0.6) is 0 Å². The van der Waals surface area contributed by atoms with Crippen molar-refractivity contribution >= 4 is 34.7 Å². The number of oxazole rings is 1. The molecule has 1 aromatic carbocycles. The second-order valence-electron chi connectivity index (χ2n) is 6.65. The number of nitrogen functional groups attached to an aromatic ring is 1. The van der Waals surface area contributed by atoms with E-state index in [-0.39, 0.29) is 23.9 Å². The lowest BCUT2D eigenvalue weighted by molar-refractivity contribution is 0.0988. The van der Waals surface area contributed by atoms with Crippen molar-refractivity contribution < 1.29 is 9.21 Å². The van der Waals surface area contributed by atoms with Crippen LogP contribution in [0.4, 0.5) is 6.01 Å². The summed E-state index contributed by atoms with van der Waals surface area (Å²) in [7, 11) is 0. The first-order valence-electron chi connectivity index (χ1n) is 8.99. The van der Waals surface area contributed by atoms with Crippen LogP contribution in [0.2, 0.25) is 5.02 Å². The average Bonchev–Trinajstić information content (AvgIpc) is 3.33. The summed E-state index contributed by atoms with van der Waals surface area (Å²) in [5.41, 5.74) is 8.38. The molecule has 1 saturated heterocycles. The van der Waals surface area contributed by atoms with Crippen LogP contribution < -0.4 is 11.1 Å². The summed E-state index contributed by atoms with van der Waals surface area (Å²) in [6.45, 7) is 4.95. The number of piperazine rings is 1. The number of Topliss-reactive ketones (excluding diaryl/α,β-unsaturated/α-hetero) is 1. The Kier molecular flexibility index (Phi) is 5.72.